The Morgan fingerprint density at radius 2 is 1.89 bits per heavy atom. The van der Waals surface area contributed by atoms with Crippen molar-refractivity contribution in [2.24, 2.45) is 0 Å². The third-order valence-corrected chi connectivity index (χ3v) is 4.11. The third kappa shape index (κ3) is 4.60. The van der Waals surface area contributed by atoms with Crippen molar-refractivity contribution in [3.63, 3.8) is 0 Å². The maximum absolute atomic E-state index is 12.1. The maximum atomic E-state index is 12.1. The number of rotatable bonds is 6. The van der Waals surface area contributed by atoms with Crippen LogP contribution in [0.25, 0.3) is 11.0 Å². The second-order valence-electron chi connectivity index (χ2n) is 5.82. The van der Waals surface area contributed by atoms with E-state index in [4.69, 9.17) is 25.5 Å². The van der Waals surface area contributed by atoms with E-state index in [-0.39, 0.29) is 18.3 Å². The molecule has 27 heavy (non-hydrogen) atoms. The Morgan fingerprint density at radius 1 is 1.15 bits per heavy atom. The number of benzene rings is 2. The molecule has 3 rings (SSSR count). The van der Waals surface area contributed by atoms with Crippen molar-refractivity contribution in [1.29, 1.82) is 0 Å². The molecule has 0 saturated carbocycles. The van der Waals surface area contributed by atoms with Gasteiger partial charge in [0.1, 0.15) is 17.1 Å². The molecular weight excluding hydrogens is 370 g/mol. The van der Waals surface area contributed by atoms with Crippen molar-refractivity contribution in [2.45, 2.75) is 13.8 Å². The predicted octanol–water partition coefficient (Wildman–Crippen LogP) is 4.17. The number of nitrogens with one attached hydrogen (secondary N) is 1. The molecule has 3 aromatic rings. The molecule has 140 valence electrons. The largest absolute Gasteiger partial charge is 0.494 e. The Balaban J connectivity index is 1.67. The van der Waals surface area contributed by atoms with Crippen LogP contribution in [0.1, 0.15) is 12.5 Å². The van der Waals surface area contributed by atoms with Crippen LogP contribution < -0.4 is 20.4 Å². The molecule has 1 N–H and O–H groups in total. The highest BCUT2D eigenvalue weighted by atomic mass is 35.5. The number of halogens is 1. The van der Waals surface area contributed by atoms with Gasteiger partial charge in [-0.1, -0.05) is 11.6 Å². The molecule has 0 aliphatic carbocycles. The molecule has 1 aromatic heterocycles. The summed E-state index contributed by atoms with van der Waals surface area (Å²) in [5.41, 5.74) is 1.27. The van der Waals surface area contributed by atoms with Crippen LogP contribution in [0.3, 0.4) is 0 Å². The first-order valence-electron chi connectivity index (χ1n) is 8.36. The summed E-state index contributed by atoms with van der Waals surface area (Å²) in [5.74, 6) is 0.646. The molecule has 0 saturated heterocycles. The quantitative estimate of drug-likeness (QED) is 0.642. The van der Waals surface area contributed by atoms with E-state index >= 15 is 0 Å². The molecule has 7 heteroatoms. The molecule has 0 aliphatic heterocycles. The van der Waals surface area contributed by atoms with Gasteiger partial charge >= 0.3 is 5.63 Å². The van der Waals surface area contributed by atoms with Gasteiger partial charge in [-0.25, -0.2) is 4.79 Å². The van der Waals surface area contributed by atoms with E-state index in [0.29, 0.717) is 28.3 Å². The van der Waals surface area contributed by atoms with Crippen molar-refractivity contribution < 1.29 is 18.7 Å². The summed E-state index contributed by atoms with van der Waals surface area (Å²) in [5, 5.41) is 3.76. The molecular formula is C20H18ClNO5. The standard InChI is InChI=1S/C20H18ClNO5/c1-3-25-14-6-4-13(5-7-14)22-19(23)11-26-18-10-17-15(9-16(18)21)12(2)8-20(24)27-17/h4-10H,3,11H2,1-2H3,(H,22,23). The zero-order valence-corrected chi connectivity index (χ0v) is 15.6. The van der Waals surface area contributed by atoms with E-state index < -0.39 is 5.63 Å². The Morgan fingerprint density at radius 3 is 2.59 bits per heavy atom. The Bertz CT molecular complexity index is 1030. The molecule has 0 spiro atoms. The van der Waals surface area contributed by atoms with Crippen LogP contribution >= 0.6 is 11.6 Å². The van der Waals surface area contributed by atoms with E-state index in [9.17, 15) is 9.59 Å². The SMILES string of the molecule is CCOc1ccc(NC(=O)COc2cc3oc(=O)cc(C)c3cc2Cl)cc1. The lowest BCUT2D eigenvalue weighted by Gasteiger charge is -2.10. The molecule has 0 radical (unpaired) electrons. The highest BCUT2D eigenvalue weighted by Gasteiger charge is 2.11. The fourth-order valence-corrected chi connectivity index (χ4v) is 2.79. The fourth-order valence-electron chi connectivity index (χ4n) is 2.57. The first-order valence-corrected chi connectivity index (χ1v) is 8.73. The lowest BCUT2D eigenvalue weighted by atomic mass is 10.1. The van der Waals surface area contributed by atoms with Gasteiger partial charge in [0, 0.05) is 23.2 Å². The number of fused-ring (bicyclic) bond motifs is 1. The Kier molecular flexibility index (Phi) is 5.66. The highest BCUT2D eigenvalue weighted by molar-refractivity contribution is 6.32. The lowest BCUT2D eigenvalue weighted by Crippen LogP contribution is -2.20. The van der Waals surface area contributed by atoms with E-state index in [1.165, 1.54) is 12.1 Å². The summed E-state index contributed by atoms with van der Waals surface area (Å²) in [4.78, 5) is 23.6. The van der Waals surface area contributed by atoms with Crippen LogP contribution in [0, 0.1) is 6.92 Å². The van der Waals surface area contributed by atoms with Gasteiger partial charge in [-0.2, -0.15) is 0 Å². The molecule has 1 amide bonds. The van der Waals surface area contributed by atoms with Crippen LogP contribution in [-0.4, -0.2) is 19.1 Å². The topological polar surface area (TPSA) is 77.8 Å². The molecule has 0 unspecified atom stereocenters. The van der Waals surface area contributed by atoms with Gasteiger partial charge in [0.15, 0.2) is 6.61 Å². The first-order chi connectivity index (χ1) is 13.0. The zero-order valence-electron chi connectivity index (χ0n) is 14.9. The second-order valence-corrected chi connectivity index (χ2v) is 6.23. The number of anilines is 1. The molecule has 6 nitrogen and oxygen atoms in total. The lowest BCUT2D eigenvalue weighted by molar-refractivity contribution is -0.118. The maximum Gasteiger partial charge on any atom is 0.336 e. The van der Waals surface area contributed by atoms with E-state index in [0.717, 1.165) is 11.3 Å². The van der Waals surface area contributed by atoms with Gasteiger partial charge in [-0.15, -0.1) is 0 Å². The van der Waals surface area contributed by atoms with Crippen molar-refractivity contribution >= 4 is 34.2 Å². The minimum atomic E-state index is -0.457. The summed E-state index contributed by atoms with van der Waals surface area (Å²) < 4.78 is 16.0. The van der Waals surface area contributed by atoms with Crippen LogP contribution in [-0.2, 0) is 4.79 Å². The molecule has 0 aliphatic rings. The van der Waals surface area contributed by atoms with E-state index in [1.54, 1.807) is 37.3 Å². The molecule has 2 aromatic carbocycles. The van der Waals surface area contributed by atoms with Gasteiger partial charge in [0.2, 0.25) is 0 Å². The number of amides is 1. The number of carbonyl (C=O) groups is 1. The van der Waals surface area contributed by atoms with Crippen LogP contribution in [0.2, 0.25) is 5.02 Å². The van der Waals surface area contributed by atoms with E-state index in [2.05, 4.69) is 5.32 Å². The van der Waals surface area contributed by atoms with Gasteiger partial charge in [0.05, 0.1) is 11.6 Å². The monoisotopic (exact) mass is 387 g/mol. The van der Waals surface area contributed by atoms with Crippen molar-refractivity contribution in [2.75, 3.05) is 18.5 Å². The minimum Gasteiger partial charge on any atom is -0.494 e. The van der Waals surface area contributed by atoms with Crippen molar-refractivity contribution in [3.05, 3.63) is 63.5 Å². The normalized spacial score (nSPS) is 10.6. The van der Waals surface area contributed by atoms with Crippen LogP contribution in [0.4, 0.5) is 5.69 Å². The van der Waals surface area contributed by atoms with E-state index in [1.807, 2.05) is 6.92 Å². The number of hydrogen-bond acceptors (Lipinski definition) is 5. The highest BCUT2D eigenvalue weighted by Crippen LogP contribution is 2.31. The molecule has 0 atom stereocenters. The Labute approximate surface area is 160 Å². The minimum absolute atomic E-state index is 0.242. The fraction of sp³-hybridized carbons (Fsp3) is 0.200. The van der Waals surface area contributed by atoms with Crippen LogP contribution in [0.5, 0.6) is 11.5 Å². The summed E-state index contributed by atoms with van der Waals surface area (Å²) >= 11 is 6.22. The smallest absolute Gasteiger partial charge is 0.336 e. The second kappa shape index (κ2) is 8.14. The molecule has 1 heterocycles. The number of ether oxygens (including phenoxy) is 2. The zero-order chi connectivity index (χ0) is 19.4. The number of carbonyl (C=O) groups excluding carboxylic acids is 1. The number of aryl methyl sites for hydroxylation is 1. The average Bonchev–Trinajstić information content (AvgIpc) is 2.62. The average molecular weight is 388 g/mol. The summed E-state index contributed by atoms with van der Waals surface area (Å²) in [6.45, 7) is 4.03. The summed E-state index contributed by atoms with van der Waals surface area (Å²) in [7, 11) is 0. The molecule has 0 fully saturated rings. The van der Waals surface area contributed by atoms with Gasteiger partial charge < -0.3 is 19.2 Å². The van der Waals surface area contributed by atoms with Gasteiger partial charge in [-0.3, -0.25) is 4.79 Å². The predicted molar refractivity (Wildman–Crippen MR) is 104 cm³/mol. The summed E-state index contributed by atoms with van der Waals surface area (Å²) in [6.07, 6.45) is 0. The van der Waals surface area contributed by atoms with Gasteiger partial charge in [-0.05, 0) is 49.7 Å². The van der Waals surface area contributed by atoms with Gasteiger partial charge in [0.25, 0.3) is 5.91 Å². The first kappa shape index (κ1) is 18.8. The number of hydrogen-bond donors (Lipinski definition) is 1. The third-order valence-electron chi connectivity index (χ3n) is 3.81. The molecule has 0 bridgehead atoms. The van der Waals surface area contributed by atoms with Crippen molar-refractivity contribution in [1.82, 2.24) is 0 Å². The Hall–Kier alpha value is -2.99. The summed E-state index contributed by atoms with van der Waals surface area (Å²) in [6, 6.07) is 11.6. The van der Waals surface area contributed by atoms with Crippen LogP contribution in [0.15, 0.2) is 51.7 Å². The van der Waals surface area contributed by atoms with Crippen molar-refractivity contribution in [3.8, 4) is 11.5 Å².